The SMILES string of the molecule is CC(=O)N(C)S(=O)(=O)N(C)C. The van der Waals surface area contributed by atoms with Crippen molar-refractivity contribution in [2.45, 2.75) is 6.92 Å². The van der Waals surface area contributed by atoms with Gasteiger partial charge in [-0.15, -0.1) is 0 Å². The fourth-order valence-electron chi connectivity index (χ4n) is 0.407. The lowest BCUT2D eigenvalue weighted by Gasteiger charge is -2.19. The molecule has 0 aromatic rings. The van der Waals surface area contributed by atoms with Crippen molar-refractivity contribution >= 4 is 16.1 Å². The zero-order chi connectivity index (χ0) is 9.23. The summed E-state index contributed by atoms with van der Waals surface area (Å²) in [5.74, 6) is -0.501. The van der Waals surface area contributed by atoms with Gasteiger partial charge in [0, 0.05) is 28.1 Å². The molecule has 0 unspecified atom stereocenters. The summed E-state index contributed by atoms with van der Waals surface area (Å²) in [6, 6.07) is 0. The van der Waals surface area contributed by atoms with E-state index in [1.54, 1.807) is 0 Å². The Morgan fingerprint density at radius 3 is 1.64 bits per heavy atom. The van der Waals surface area contributed by atoms with Crippen molar-refractivity contribution in [3.8, 4) is 0 Å². The predicted molar refractivity (Wildman–Crippen MR) is 41.1 cm³/mol. The molecule has 11 heavy (non-hydrogen) atoms. The zero-order valence-corrected chi connectivity index (χ0v) is 7.84. The molecule has 0 aliphatic carbocycles. The molecule has 0 fully saturated rings. The first-order chi connectivity index (χ1) is 4.80. The highest BCUT2D eigenvalue weighted by molar-refractivity contribution is 7.87. The van der Waals surface area contributed by atoms with Gasteiger partial charge in [0.25, 0.3) is 0 Å². The van der Waals surface area contributed by atoms with E-state index in [0.717, 1.165) is 4.31 Å². The largest absolute Gasteiger partial charge is 0.305 e. The average Bonchev–Trinajstić information content (AvgIpc) is 1.85. The first kappa shape index (κ1) is 10.4. The van der Waals surface area contributed by atoms with E-state index in [4.69, 9.17) is 0 Å². The maximum absolute atomic E-state index is 11.1. The van der Waals surface area contributed by atoms with E-state index in [2.05, 4.69) is 0 Å². The molecule has 0 radical (unpaired) electrons. The Hall–Kier alpha value is -0.620. The van der Waals surface area contributed by atoms with Crippen molar-refractivity contribution in [3.05, 3.63) is 0 Å². The molecule has 0 aromatic heterocycles. The van der Waals surface area contributed by atoms with E-state index in [0.29, 0.717) is 4.31 Å². The van der Waals surface area contributed by atoms with E-state index >= 15 is 0 Å². The highest BCUT2D eigenvalue weighted by Gasteiger charge is 2.21. The van der Waals surface area contributed by atoms with Crippen LogP contribution < -0.4 is 0 Å². The second-order valence-electron chi connectivity index (χ2n) is 2.28. The van der Waals surface area contributed by atoms with Crippen LogP contribution in [0.25, 0.3) is 0 Å². The Morgan fingerprint density at radius 1 is 1.18 bits per heavy atom. The second-order valence-corrected chi connectivity index (χ2v) is 4.45. The van der Waals surface area contributed by atoms with Crippen LogP contribution in [0, 0.1) is 0 Å². The van der Waals surface area contributed by atoms with Crippen LogP contribution in [0.4, 0.5) is 0 Å². The highest BCUT2D eigenvalue weighted by Crippen LogP contribution is 2.00. The van der Waals surface area contributed by atoms with E-state index in [9.17, 15) is 13.2 Å². The first-order valence-electron chi connectivity index (χ1n) is 2.97. The fourth-order valence-corrected chi connectivity index (χ4v) is 1.22. The number of nitrogens with zero attached hydrogens (tertiary/aromatic N) is 2. The topological polar surface area (TPSA) is 57.7 Å². The number of carbonyl (C=O) groups is 1. The first-order valence-corrected chi connectivity index (χ1v) is 4.36. The van der Waals surface area contributed by atoms with Crippen molar-refractivity contribution in [1.29, 1.82) is 0 Å². The summed E-state index contributed by atoms with van der Waals surface area (Å²) >= 11 is 0. The molecule has 66 valence electrons. The Bertz CT molecular complexity index is 244. The normalized spacial score (nSPS) is 11.7. The van der Waals surface area contributed by atoms with E-state index in [-0.39, 0.29) is 0 Å². The fraction of sp³-hybridized carbons (Fsp3) is 0.800. The molecule has 6 heteroatoms. The standard InChI is InChI=1S/C5H12N2O3S/c1-5(8)7(4)11(9,10)6(2)3/h1-4H3. The van der Waals surface area contributed by atoms with Gasteiger partial charge in [0.2, 0.25) is 5.91 Å². The van der Waals surface area contributed by atoms with Gasteiger partial charge in [-0.25, -0.2) is 4.31 Å². The molecule has 0 saturated carbocycles. The van der Waals surface area contributed by atoms with Crippen LogP contribution in [0.1, 0.15) is 6.92 Å². The summed E-state index contributed by atoms with van der Waals surface area (Å²) in [6.45, 7) is 1.20. The van der Waals surface area contributed by atoms with Crippen LogP contribution in [0.15, 0.2) is 0 Å². The van der Waals surface area contributed by atoms with Gasteiger partial charge in [-0.05, 0) is 0 Å². The van der Waals surface area contributed by atoms with Gasteiger partial charge >= 0.3 is 10.2 Å². The summed E-state index contributed by atoms with van der Waals surface area (Å²) < 4.78 is 23.9. The Balaban J connectivity index is 4.72. The Morgan fingerprint density at radius 2 is 1.55 bits per heavy atom. The van der Waals surface area contributed by atoms with Crippen LogP contribution >= 0.6 is 0 Å². The molecule has 1 amide bonds. The smallest absolute Gasteiger partial charge is 0.274 e. The lowest BCUT2D eigenvalue weighted by atomic mass is 10.7. The van der Waals surface area contributed by atoms with Crippen molar-refractivity contribution in [1.82, 2.24) is 8.61 Å². The molecule has 0 aliphatic heterocycles. The average molecular weight is 180 g/mol. The quantitative estimate of drug-likeness (QED) is 0.563. The third-order valence-corrected chi connectivity index (χ3v) is 3.12. The van der Waals surface area contributed by atoms with Gasteiger partial charge in [-0.2, -0.15) is 12.7 Å². The highest BCUT2D eigenvalue weighted by atomic mass is 32.2. The molecule has 0 aliphatic rings. The molecule has 5 nitrogen and oxygen atoms in total. The van der Waals surface area contributed by atoms with Crippen molar-refractivity contribution in [2.75, 3.05) is 21.1 Å². The Kier molecular flexibility index (Phi) is 3.01. The van der Waals surface area contributed by atoms with Crippen LogP contribution in [0.2, 0.25) is 0 Å². The zero-order valence-electron chi connectivity index (χ0n) is 7.03. The molecular weight excluding hydrogens is 168 g/mol. The van der Waals surface area contributed by atoms with Gasteiger partial charge in [0.1, 0.15) is 0 Å². The maximum atomic E-state index is 11.1. The summed E-state index contributed by atoms with van der Waals surface area (Å²) in [4.78, 5) is 10.6. The summed E-state index contributed by atoms with van der Waals surface area (Å²) in [6.07, 6.45) is 0. The molecule has 0 atom stereocenters. The second kappa shape index (κ2) is 3.19. The molecule has 0 N–H and O–H groups in total. The predicted octanol–water partition coefficient (Wildman–Crippen LogP) is -0.729. The van der Waals surface area contributed by atoms with E-state index in [1.807, 2.05) is 0 Å². The monoisotopic (exact) mass is 180 g/mol. The number of hydrogen-bond donors (Lipinski definition) is 0. The van der Waals surface area contributed by atoms with Crippen LogP contribution in [-0.4, -0.2) is 44.1 Å². The van der Waals surface area contributed by atoms with Crippen LogP contribution in [-0.2, 0) is 15.0 Å². The lowest BCUT2D eigenvalue weighted by Crippen LogP contribution is -2.39. The molecule has 0 saturated heterocycles. The van der Waals surface area contributed by atoms with Crippen molar-refractivity contribution < 1.29 is 13.2 Å². The molecule has 0 aromatic carbocycles. The summed E-state index contributed by atoms with van der Waals surface area (Å²) in [7, 11) is 0.401. The summed E-state index contributed by atoms with van der Waals surface area (Å²) in [5, 5.41) is 0. The number of amides is 1. The van der Waals surface area contributed by atoms with E-state index in [1.165, 1.54) is 28.1 Å². The minimum atomic E-state index is -3.56. The van der Waals surface area contributed by atoms with E-state index < -0.39 is 16.1 Å². The van der Waals surface area contributed by atoms with Gasteiger partial charge < -0.3 is 0 Å². The molecular formula is C5H12N2O3S. The molecule has 0 rings (SSSR count). The van der Waals surface area contributed by atoms with Crippen molar-refractivity contribution in [3.63, 3.8) is 0 Å². The Labute approximate surface area is 66.8 Å². The minimum absolute atomic E-state index is 0.501. The van der Waals surface area contributed by atoms with Gasteiger partial charge in [0.05, 0.1) is 0 Å². The van der Waals surface area contributed by atoms with Crippen LogP contribution in [0.5, 0.6) is 0 Å². The number of carbonyl (C=O) groups excluding carboxylic acids is 1. The molecule has 0 bridgehead atoms. The summed E-state index contributed by atoms with van der Waals surface area (Å²) in [5.41, 5.74) is 0. The van der Waals surface area contributed by atoms with Gasteiger partial charge in [-0.3, -0.25) is 4.79 Å². The molecule has 0 spiro atoms. The maximum Gasteiger partial charge on any atom is 0.305 e. The number of rotatable bonds is 2. The van der Waals surface area contributed by atoms with Gasteiger partial charge in [0.15, 0.2) is 0 Å². The molecule has 0 heterocycles. The van der Waals surface area contributed by atoms with Crippen LogP contribution in [0.3, 0.4) is 0 Å². The minimum Gasteiger partial charge on any atom is -0.274 e. The lowest BCUT2D eigenvalue weighted by molar-refractivity contribution is -0.123. The van der Waals surface area contributed by atoms with Gasteiger partial charge in [-0.1, -0.05) is 0 Å². The third-order valence-electron chi connectivity index (χ3n) is 1.25. The third kappa shape index (κ3) is 2.16. The number of hydrogen-bond acceptors (Lipinski definition) is 3. The van der Waals surface area contributed by atoms with Crippen molar-refractivity contribution in [2.24, 2.45) is 0 Å².